The molecule has 1 saturated heterocycles. The molecule has 1 aliphatic heterocycles. The van der Waals surface area contributed by atoms with E-state index >= 15 is 0 Å². The van der Waals surface area contributed by atoms with Crippen molar-refractivity contribution < 1.29 is 9.59 Å². The van der Waals surface area contributed by atoms with E-state index in [0.717, 1.165) is 25.3 Å². The summed E-state index contributed by atoms with van der Waals surface area (Å²) in [6.45, 7) is 8.41. The topological polar surface area (TPSA) is 43.9 Å². The Morgan fingerprint density at radius 3 is 2.19 bits per heavy atom. The van der Waals surface area contributed by atoms with Crippen LogP contribution in [0.15, 0.2) is 30.3 Å². The van der Waals surface area contributed by atoms with Gasteiger partial charge in [-0.25, -0.2) is 0 Å². The van der Waals surface area contributed by atoms with Crippen LogP contribution < -0.4 is 4.90 Å². The van der Waals surface area contributed by atoms with Gasteiger partial charge in [0, 0.05) is 38.4 Å². The number of likely N-dealkylation sites (N-methyl/N-ethyl adjacent to an activating group) is 2. The van der Waals surface area contributed by atoms with E-state index in [1.165, 1.54) is 4.90 Å². The van der Waals surface area contributed by atoms with Gasteiger partial charge in [0.2, 0.25) is 0 Å². The maximum Gasteiger partial charge on any atom is 0.316 e. The monoisotopic (exact) mass is 289 g/mol. The van der Waals surface area contributed by atoms with Crippen molar-refractivity contribution in [3.05, 3.63) is 30.3 Å². The van der Waals surface area contributed by atoms with Crippen molar-refractivity contribution in [2.75, 3.05) is 44.2 Å². The van der Waals surface area contributed by atoms with Crippen LogP contribution >= 0.6 is 0 Å². The maximum absolute atomic E-state index is 12.4. The van der Waals surface area contributed by atoms with E-state index in [2.05, 4.69) is 11.8 Å². The Balaban J connectivity index is 2.03. The lowest BCUT2D eigenvalue weighted by Gasteiger charge is -2.34. The fourth-order valence-corrected chi connectivity index (χ4v) is 2.57. The van der Waals surface area contributed by atoms with Crippen LogP contribution in [0.1, 0.15) is 13.8 Å². The molecule has 0 unspecified atom stereocenters. The zero-order chi connectivity index (χ0) is 15.2. The highest BCUT2D eigenvalue weighted by molar-refractivity contribution is 6.40. The Bertz CT molecular complexity index is 482. The molecule has 0 aliphatic carbocycles. The van der Waals surface area contributed by atoms with E-state index in [0.29, 0.717) is 19.6 Å². The summed E-state index contributed by atoms with van der Waals surface area (Å²) in [5.41, 5.74) is 0.769. The van der Waals surface area contributed by atoms with Gasteiger partial charge in [0.05, 0.1) is 0 Å². The zero-order valence-corrected chi connectivity index (χ0v) is 12.8. The van der Waals surface area contributed by atoms with Crippen LogP contribution in [0.4, 0.5) is 5.69 Å². The molecular weight excluding hydrogens is 266 g/mol. The molecule has 0 atom stereocenters. The molecular formula is C16H23N3O2. The molecule has 114 valence electrons. The van der Waals surface area contributed by atoms with Gasteiger partial charge in [0.25, 0.3) is 0 Å². The molecule has 0 radical (unpaired) electrons. The minimum atomic E-state index is -0.436. The van der Waals surface area contributed by atoms with Gasteiger partial charge in [0.1, 0.15) is 0 Å². The van der Waals surface area contributed by atoms with Gasteiger partial charge >= 0.3 is 11.8 Å². The smallest absolute Gasteiger partial charge is 0.316 e. The Labute approximate surface area is 126 Å². The van der Waals surface area contributed by atoms with Crippen molar-refractivity contribution >= 4 is 17.5 Å². The number of hydrogen-bond donors (Lipinski definition) is 0. The van der Waals surface area contributed by atoms with E-state index in [4.69, 9.17) is 0 Å². The predicted molar refractivity (Wildman–Crippen MR) is 83.2 cm³/mol. The van der Waals surface area contributed by atoms with Crippen LogP contribution in [0.3, 0.4) is 0 Å². The Hall–Kier alpha value is -1.88. The highest BCUT2D eigenvalue weighted by Crippen LogP contribution is 2.14. The average molecular weight is 289 g/mol. The van der Waals surface area contributed by atoms with Crippen LogP contribution in [0.25, 0.3) is 0 Å². The largest absolute Gasteiger partial charge is 0.332 e. The molecule has 0 spiro atoms. The molecule has 1 aromatic rings. The van der Waals surface area contributed by atoms with E-state index in [1.807, 2.05) is 37.3 Å². The molecule has 0 bridgehead atoms. The predicted octanol–water partition coefficient (Wildman–Crippen LogP) is 1.20. The summed E-state index contributed by atoms with van der Waals surface area (Å²) < 4.78 is 0. The summed E-state index contributed by atoms with van der Waals surface area (Å²) in [7, 11) is 0. The number of nitrogens with zero attached hydrogens (tertiary/aromatic N) is 3. The summed E-state index contributed by atoms with van der Waals surface area (Å²) in [5.74, 6) is -0.829. The number of carbonyl (C=O) groups is 2. The number of rotatable bonds is 3. The number of hydrogen-bond acceptors (Lipinski definition) is 3. The highest BCUT2D eigenvalue weighted by Gasteiger charge is 2.29. The molecule has 1 aliphatic rings. The molecule has 0 saturated carbocycles. The maximum atomic E-state index is 12.4. The van der Waals surface area contributed by atoms with Crippen LogP contribution in [-0.2, 0) is 9.59 Å². The summed E-state index contributed by atoms with van der Waals surface area (Å²) in [5, 5.41) is 0. The molecule has 1 aromatic carbocycles. The van der Waals surface area contributed by atoms with E-state index in [-0.39, 0.29) is 0 Å². The Kier molecular flexibility index (Phi) is 5.33. The first-order chi connectivity index (χ1) is 10.2. The molecule has 5 nitrogen and oxygen atoms in total. The fraction of sp³-hybridized carbons (Fsp3) is 0.500. The minimum Gasteiger partial charge on any atom is -0.332 e. The molecule has 0 aromatic heterocycles. The van der Waals surface area contributed by atoms with Gasteiger partial charge < -0.3 is 14.7 Å². The summed E-state index contributed by atoms with van der Waals surface area (Å²) >= 11 is 0. The third-order valence-corrected chi connectivity index (χ3v) is 3.92. The van der Waals surface area contributed by atoms with Crippen molar-refractivity contribution in [1.82, 2.24) is 9.80 Å². The second kappa shape index (κ2) is 7.22. The molecule has 21 heavy (non-hydrogen) atoms. The van der Waals surface area contributed by atoms with Crippen molar-refractivity contribution in [1.29, 1.82) is 0 Å². The first kappa shape index (κ1) is 15.5. The number of carbonyl (C=O) groups excluding carboxylic acids is 2. The highest BCUT2D eigenvalue weighted by atomic mass is 16.2. The van der Waals surface area contributed by atoms with E-state index in [1.54, 1.807) is 4.90 Å². The standard InChI is InChI=1S/C16H23N3O2/c1-3-17-10-12-18(13-11-17)15(20)16(21)19(4-2)14-8-6-5-7-9-14/h5-9H,3-4,10-13H2,1-2H3. The van der Waals surface area contributed by atoms with Crippen LogP contribution in [0.2, 0.25) is 0 Å². The molecule has 1 fully saturated rings. The molecule has 1 heterocycles. The second-order valence-electron chi connectivity index (χ2n) is 5.11. The quantitative estimate of drug-likeness (QED) is 0.786. The first-order valence-corrected chi connectivity index (χ1v) is 7.55. The van der Waals surface area contributed by atoms with Gasteiger partial charge in [-0.3, -0.25) is 9.59 Å². The Morgan fingerprint density at radius 1 is 1.05 bits per heavy atom. The summed E-state index contributed by atoms with van der Waals surface area (Å²) in [4.78, 5) is 30.3. The van der Waals surface area contributed by atoms with Crippen molar-refractivity contribution in [3.8, 4) is 0 Å². The van der Waals surface area contributed by atoms with Gasteiger partial charge in [-0.1, -0.05) is 25.1 Å². The SMILES string of the molecule is CCN1CCN(C(=O)C(=O)N(CC)c2ccccc2)CC1. The number of amides is 2. The third-order valence-electron chi connectivity index (χ3n) is 3.92. The number of anilines is 1. The summed E-state index contributed by atoms with van der Waals surface area (Å²) in [6.07, 6.45) is 0. The average Bonchev–Trinajstić information content (AvgIpc) is 2.56. The lowest BCUT2D eigenvalue weighted by Crippen LogP contribution is -2.53. The zero-order valence-electron chi connectivity index (χ0n) is 12.8. The van der Waals surface area contributed by atoms with Crippen molar-refractivity contribution in [2.24, 2.45) is 0 Å². The number of benzene rings is 1. The first-order valence-electron chi connectivity index (χ1n) is 7.55. The summed E-state index contributed by atoms with van der Waals surface area (Å²) in [6, 6.07) is 9.34. The minimum absolute atomic E-state index is 0.392. The normalized spacial score (nSPS) is 15.8. The third kappa shape index (κ3) is 3.61. The van der Waals surface area contributed by atoms with Gasteiger partial charge in [-0.2, -0.15) is 0 Å². The number of para-hydroxylation sites is 1. The molecule has 2 amide bonds. The van der Waals surface area contributed by atoms with Crippen LogP contribution in [-0.4, -0.2) is 60.9 Å². The second-order valence-corrected chi connectivity index (χ2v) is 5.11. The van der Waals surface area contributed by atoms with Gasteiger partial charge in [-0.15, -0.1) is 0 Å². The van der Waals surface area contributed by atoms with E-state index in [9.17, 15) is 9.59 Å². The fourth-order valence-electron chi connectivity index (χ4n) is 2.57. The van der Waals surface area contributed by atoms with Crippen molar-refractivity contribution in [3.63, 3.8) is 0 Å². The van der Waals surface area contributed by atoms with Gasteiger partial charge in [-0.05, 0) is 25.6 Å². The van der Waals surface area contributed by atoms with Crippen molar-refractivity contribution in [2.45, 2.75) is 13.8 Å². The van der Waals surface area contributed by atoms with E-state index < -0.39 is 11.8 Å². The lowest BCUT2D eigenvalue weighted by atomic mass is 10.2. The van der Waals surface area contributed by atoms with Crippen LogP contribution in [0.5, 0.6) is 0 Å². The van der Waals surface area contributed by atoms with Crippen LogP contribution in [0, 0.1) is 0 Å². The van der Waals surface area contributed by atoms with Gasteiger partial charge in [0.15, 0.2) is 0 Å². The number of piperazine rings is 1. The molecule has 5 heteroatoms. The molecule has 0 N–H and O–H groups in total. The molecule has 2 rings (SSSR count). The lowest BCUT2D eigenvalue weighted by molar-refractivity contribution is -0.145. The Morgan fingerprint density at radius 2 is 1.67 bits per heavy atom.